The van der Waals surface area contributed by atoms with Crippen molar-refractivity contribution in [2.24, 2.45) is 5.92 Å². The summed E-state index contributed by atoms with van der Waals surface area (Å²) in [5.74, 6) is 0.977. The molecule has 29 heavy (non-hydrogen) atoms. The van der Waals surface area contributed by atoms with Crippen LogP contribution in [0.2, 0.25) is 0 Å². The number of nitrogens with zero attached hydrogens (tertiary/aromatic N) is 2. The minimum atomic E-state index is -0.377. The Hall–Kier alpha value is -3.13. The molecule has 8 nitrogen and oxygen atoms in total. The Morgan fingerprint density at radius 3 is 3.07 bits per heavy atom. The maximum Gasteiger partial charge on any atom is 0.229 e. The second-order valence-corrected chi connectivity index (χ2v) is 7.60. The number of carbonyl (C=O) groups excluding carboxylic acids is 2. The zero-order valence-corrected chi connectivity index (χ0v) is 15.9. The summed E-state index contributed by atoms with van der Waals surface area (Å²) >= 11 is 0. The Kier molecular flexibility index (Phi) is 4.55. The number of rotatable bonds is 5. The molecule has 2 unspecified atom stereocenters. The van der Waals surface area contributed by atoms with Crippen LogP contribution in [0, 0.1) is 5.92 Å². The number of furan rings is 1. The quantitative estimate of drug-likeness (QED) is 0.693. The molecule has 0 saturated carbocycles. The molecule has 2 aliphatic rings. The van der Waals surface area contributed by atoms with Crippen molar-refractivity contribution in [2.75, 3.05) is 18.5 Å². The highest BCUT2D eigenvalue weighted by atomic mass is 16.5. The van der Waals surface area contributed by atoms with Crippen molar-refractivity contribution >= 4 is 28.5 Å². The van der Waals surface area contributed by atoms with Gasteiger partial charge in [-0.1, -0.05) is 0 Å². The van der Waals surface area contributed by atoms with E-state index in [0.717, 1.165) is 36.3 Å². The highest BCUT2D eigenvalue weighted by molar-refractivity contribution is 5.98. The van der Waals surface area contributed by atoms with Crippen LogP contribution in [-0.2, 0) is 20.9 Å². The summed E-state index contributed by atoms with van der Waals surface area (Å²) in [6.45, 7) is 1.54. The van der Waals surface area contributed by atoms with Crippen molar-refractivity contribution in [1.29, 1.82) is 0 Å². The maximum atomic E-state index is 12.7. The largest absolute Gasteiger partial charge is 0.467 e. The van der Waals surface area contributed by atoms with Crippen LogP contribution >= 0.6 is 0 Å². The lowest BCUT2D eigenvalue weighted by Gasteiger charge is -2.15. The average molecular weight is 394 g/mol. The molecule has 0 spiro atoms. The molecule has 8 heteroatoms. The van der Waals surface area contributed by atoms with Gasteiger partial charge in [0.1, 0.15) is 17.7 Å². The topological polar surface area (TPSA) is 100 Å². The van der Waals surface area contributed by atoms with Crippen molar-refractivity contribution in [2.45, 2.75) is 31.9 Å². The fraction of sp³-hybridized carbons (Fsp3) is 0.381. The van der Waals surface area contributed by atoms with E-state index in [1.807, 2.05) is 24.3 Å². The number of hydrogen-bond acceptors (Lipinski definition) is 5. The molecular weight excluding hydrogens is 372 g/mol. The van der Waals surface area contributed by atoms with Crippen molar-refractivity contribution < 1.29 is 18.7 Å². The van der Waals surface area contributed by atoms with Crippen LogP contribution in [0.3, 0.4) is 0 Å². The van der Waals surface area contributed by atoms with E-state index >= 15 is 0 Å². The summed E-state index contributed by atoms with van der Waals surface area (Å²) in [5, 5.41) is 2.93. The number of amides is 2. The van der Waals surface area contributed by atoms with Crippen molar-refractivity contribution in [3.05, 3.63) is 48.2 Å². The number of fused-ring (bicyclic) bond motifs is 1. The minimum Gasteiger partial charge on any atom is -0.467 e. The summed E-state index contributed by atoms with van der Waals surface area (Å²) in [6.07, 6.45) is 3.82. The number of likely N-dealkylation sites (tertiary alicyclic amines) is 1. The van der Waals surface area contributed by atoms with Gasteiger partial charge in [-0.05, 0) is 43.2 Å². The van der Waals surface area contributed by atoms with Crippen LogP contribution < -0.4 is 5.32 Å². The summed E-state index contributed by atoms with van der Waals surface area (Å²) in [5.41, 5.74) is 2.38. The molecule has 5 rings (SSSR count). The van der Waals surface area contributed by atoms with Gasteiger partial charge in [0.15, 0.2) is 0 Å². The third-order valence-corrected chi connectivity index (χ3v) is 5.51. The number of carbonyl (C=O) groups is 2. The lowest BCUT2D eigenvalue weighted by molar-refractivity contribution is -0.128. The van der Waals surface area contributed by atoms with Gasteiger partial charge in [-0.15, -0.1) is 0 Å². The van der Waals surface area contributed by atoms with Gasteiger partial charge in [-0.3, -0.25) is 9.59 Å². The first-order chi connectivity index (χ1) is 14.2. The van der Waals surface area contributed by atoms with E-state index in [1.165, 1.54) is 0 Å². The van der Waals surface area contributed by atoms with Gasteiger partial charge in [-0.2, -0.15) is 0 Å². The van der Waals surface area contributed by atoms with E-state index in [-0.39, 0.29) is 30.3 Å². The number of H-pyrrole nitrogens is 1. The summed E-state index contributed by atoms with van der Waals surface area (Å²) in [7, 11) is 0. The molecule has 2 amide bonds. The second-order valence-electron chi connectivity index (χ2n) is 7.60. The Labute approximate surface area is 167 Å². The van der Waals surface area contributed by atoms with Crippen LogP contribution in [0.25, 0.3) is 11.0 Å². The first-order valence-electron chi connectivity index (χ1n) is 9.88. The Balaban J connectivity index is 1.25. The van der Waals surface area contributed by atoms with Crippen molar-refractivity contribution in [1.82, 2.24) is 14.9 Å². The van der Waals surface area contributed by atoms with E-state index < -0.39 is 0 Å². The number of nitrogens with one attached hydrogen (secondary N) is 2. The van der Waals surface area contributed by atoms with Gasteiger partial charge in [0.25, 0.3) is 0 Å². The lowest BCUT2D eigenvalue weighted by atomic mass is 10.1. The third kappa shape index (κ3) is 3.63. The van der Waals surface area contributed by atoms with Gasteiger partial charge in [0.2, 0.25) is 11.8 Å². The predicted octanol–water partition coefficient (Wildman–Crippen LogP) is 2.99. The average Bonchev–Trinajstić information content (AvgIpc) is 3.50. The lowest BCUT2D eigenvalue weighted by Crippen LogP contribution is -2.27. The van der Waals surface area contributed by atoms with Crippen LogP contribution in [-0.4, -0.2) is 39.8 Å². The van der Waals surface area contributed by atoms with E-state index in [1.54, 1.807) is 17.2 Å². The molecule has 150 valence electrons. The minimum absolute atomic E-state index is 0.0186. The molecule has 2 N–H and O–H groups in total. The van der Waals surface area contributed by atoms with Crippen LogP contribution in [0.5, 0.6) is 0 Å². The molecule has 2 atom stereocenters. The smallest absolute Gasteiger partial charge is 0.229 e. The summed E-state index contributed by atoms with van der Waals surface area (Å²) < 4.78 is 11.0. The highest BCUT2D eigenvalue weighted by Crippen LogP contribution is 2.29. The molecule has 3 aromatic rings. The van der Waals surface area contributed by atoms with Gasteiger partial charge in [-0.25, -0.2) is 4.98 Å². The predicted molar refractivity (Wildman–Crippen MR) is 105 cm³/mol. The van der Waals surface area contributed by atoms with Crippen LogP contribution in [0.4, 0.5) is 5.69 Å². The number of aromatic nitrogens is 2. The first-order valence-corrected chi connectivity index (χ1v) is 9.88. The number of benzene rings is 1. The van der Waals surface area contributed by atoms with Gasteiger partial charge < -0.3 is 24.4 Å². The second kappa shape index (κ2) is 7.36. The molecule has 0 bridgehead atoms. The molecule has 2 fully saturated rings. The fourth-order valence-electron chi connectivity index (χ4n) is 3.99. The molecule has 2 aliphatic heterocycles. The van der Waals surface area contributed by atoms with Crippen molar-refractivity contribution in [3.63, 3.8) is 0 Å². The van der Waals surface area contributed by atoms with E-state index in [2.05, 4.69) is 15.3 Å². The van der Waals surface area contributed by atoms with Crippen LogP contribution in [0.15, 0.2) is 41.0 Å². The molecular formula is C21H22N4O4. The summed E-state index contributed by atoms with van der Waals surface area (Å²) in [4.78, 5) is 34.5. The zero-order chi connectivity index (χ0) is 19.8. The Bertz CT molecular complexity index is 1040. The van der Waals surface area contributed by atoms with E-state index in [9.17, 15) is 9.59 Å². The van der Waals surface area contributed by atoms with Crippen LogP contribution in [0.1, 0.15) is 37.0 Å². The molecule has 0 radical (unpaired) electrons. The number of anilines is 1. The molecule has 2 saturated heterocycles. The Morgan fingerprint density at radius 1 is 1.34 bits per heavy atom. The molecule has 0 aliphatic carbocycles. The highest BCUT2D eigenvalue weighted by Gasteiger charge is 2.34. The van der Waals surface area contributed by atoms with Gasteiger partial charge >= 0.3 is 0 Å². The van der Waals surface area contributed by atoms with Gasteiger partial charge in [0, 0.05) is 25.3 Å². The monoisotopic (exact) mass is 394 g/mol. The molecule has 1 aromatic carbocycles. The zero-order valence-electron chi connectivity index (χ0n) is 15.9. The third-order valence-electron chi connectivity index (χ3n) is 5.51. The van der Waals surface area contributed by atoms with Crippen molar-refractivity contribution in [3.8, 4) is 0 Å². The van der Waals surface area contributed by atoms with E-state index in [4.69, 9.17) is 9.15 Å². The number of imidazole rings is 1. The first kappa shape index (κ1) is 17.9. The Morgan fingerprint density at radius 2 is 2.28 bits per heavy atom. The number of hydrogen-bond donors (Lipinski definition) is 2. The number of ether oxygens (including phenoxy) is 1. The SMILES string of the molecule is O=C(Nc1ccc2nc(C3CCCO3)[nH]c2c1)C1CC(=O)N(Cc2ccco2)C1. The normalized spacial score (nSPS) is 21.9. The molecule has 2 aromatic heterocycles. The molecule has 4 heterocycles. The summed E-state index contributed by atoms with van der Waals surface area (Å²) in [6, 6.07) is 9.19. The fourth-order valence-corrected chi connectivity index (χ4v) is 3.99. The van der Waals surface area contributed by atoms with Gasteiger partial charge in [0.05, 0.1) is 29.8 Å². The maximum absolute atomic E-state index is 12.7. The van der Waals surface area contributed by atoms with E-state index in [0.29, 0.717) is 24.5 Å². The number of aromatic amines is 1. The standard InChI is InChI=1S/C21H22N4O4/c26-19-9-13(11-25(19)12-15-3-1-7-28-15)21(27)22-14-5-6-16-17(10-14)24-20(23-16)18-4-2-8-29-18/h1,3,5-7,10,13,18H,2,4,8-9,11-12H2,(H,22,27)(H,23,24).